The van der Waals surface area contributed by atoms with Gasteiger partial charge in [-0.2, -0.15) is 5.90 Å². The SMILES string of the molecule is CC(C)=COC(=O)CCC(=O)ON. The molecule has 0 bridgehead atoms. The van der Waals surface area contributed by atoms with E-state index in [0.29, 0.717) is 0 Å². The Morgan fingerprint density at radius 2 is 1.77 bits per heavy atom. The molecule has 74 valence electrons. The van der Waals surface area contributed by atoms with Crippen LogP contribution in [0.25, 0.3) is 0 Å². The maximum atomic E-state index is 10.9. The van der Waals surface area contributed by atoms with E-state index in [1.165, 1.54) is 6.26 Å². The number of carbonyl (C=O) groups excluding carboxylic acids is 2. The van der Waals surface area contributed by atoms with Crippen LogP contribution in [0.3, 0.4) is 0 Å². The van der Waals surface area contributed by atoms with Crippen LogP contribution in [0, 0.1) is 0 Å². The molecule has 0 fully saturated rings. The molecule has 0 aromatic heterocycles. The molecule has 0 aromatic carbocycles. The van der Waals surface area contributed by atoms with Crippen molar-refractivity contribution in [2.24, 2.45) is 5.90 Å². The van der Waals surface area contributed by atoms with Crippen molar-refractivity contribution in [2.75, 3.05) is 0 Å². The van der Waals surface area contributed by atoms with Crippen LogP contribution >= 0.6 is 0 Å². The summed E-state index contributed by atoms with van der Waals surface area (Å²) < 4.78 is 4.65. The van der Waals surface area contributed by atoms with Gasteiger partial charge in [0.25, 0.3) is 0 Å². The molecule has 0 radical (unpaired) electrons. The van der Waals surface area contributed by atoms with Gasteiger partial charge in [-0.05, 0) is 19.4 Å². The summed E-state index contributed by atoms with van der Waals surface area (Å²) in [5, 5.41) is 0. The maximum absolute atomic E-state index is 10.9. The lowest BCUT2D eigenvalue weighted by Gasteiger charge is -1.98. The highest BCUT2D eigenvalue weighted by Gasteiger charge is 2.06. The van der Waals surface area contributed by atoms with Crippen molar-refractivity contribution in [2.45, 2.75) is 26.7 Å². The van der Waals surface area contributed by atoms with Crippen molar-refractivity contribution in [3.63, 3.8) is 0 Å². The van der Waals surface area contributed by atoms with Gasteiger partial charge in [-0.3, -0.25) is 9.59 Å². The van der Waals surface area contributed by atoms with E-state index in [1.54, 1.807) is 13.8 Å². The molecule has 0 rings (SSSR count). The Kier molecular flexibility index (Phi) is 5.54. The van der Waals surface area contributed by atoms with Crippen LogP contribution < -0.4 is 5.90 Å². The predicted molar refractivity (Wildman–Crippen MR) is 45.0 cm³/mol. The maximum Gasteiger partial charge on any atom is 0.325 e. The Morgan fingerprint density at radius 3 is 2.23 bits per heavy atom. The molecule has 5 nitrogen and oxygen atoms in total. The molecular formula is C8H13NO4. The molecule has 0 aliphatic rings. The molecule has 0 atom stereocenters. The highest BCUT2D eigenvalue weighted by atomic mass is 16.7. The van der Waals surface area contributed by atoms with E-state index >= 15 is 0 Å². The quantitative estimate of drug-likeness (QED) is 0.397. The Bertz CT molecular complexity index is 218. The minimum absolute atomic E-state index is 0.0280. The van der Waals surface area contributed by atoms with E-state index in [0.717, 1.165) is 5.57 Å². The van der Waals surface area contributed by atoms with Gasteiger partial charge in [0.05, 0.1) is 19.1 Å². The molecule has 0 aliphatic carbocycles. The summed E-state index contributed by atoms with van der Waals surface area (Å²) in [4.78, 5) is 25.2. The van der Waals surface area contributed by atoms with Gasteiger partial charge in [0.1, 0.15) is 0 Å². The number of rotatable bonds is 4. The highest BCUT2D eigenvalue weighted by Crippen LogP contribution is 1.97. The minimum atomic E-state index is -0.630. The third kappa shape index (κ3) is 7.02. The number of carbonyl (C=O) groups is 2. The highest BCUT2D eigenvalue weighted by molar-refractivity contribution is 5.77. The second kappa shape index (κ2) is 6.19. The zero-order chi connectivity index (χ0) is 10.3. The topological polar surface area (TPSA) is 78.6 Å². The van der Waals surface area contributed by atoms with Crippen LogP contribution in [-0.4, -0.2) is 11.9 Å². The van der Waals surface area contributed by atoms with Crippen molar-refractivity contribution in [1.29, 1.82) is 0 Å². The van der Waals surface area contributed by atoms with Crippen molar-refractivity contribution < 1.29 is 19.2 Å². The van der Waals surface area contributed by atoms with Gasteiger partial charge in [0.15, 0.2) is 0 Å². The Hall–Kier alpha value is -1.36. The normalized spacial score (nSPS) is 8.85. The molecule has 0 amide bonds. The third-order valence-electron chi connectivity index (χ3n) is 1.09. The summed E-state index contributed by atoms with van der Waals surface area (Å²) in [6, 6.07) is 0. The Morgan fingerprint density at radius 1 is 1.23 bits per heavy atom. The van der Waals surface area contributed by atoms with Gasteiger partial charge >= 0.3 is 11.9 Å². The molecule has 0 saturated carbocycles. The molecule has 0 spiro atoms. The first-order valence-electron chi connectivity index (χ1n) is 3.78. The standard InChI is InChI=1S/C8H13NO4/c1-6(2)5-12-7(10)3-4-8(11)13-9/h5H,3-4,9H2,1-2H3. The van der Waals surface area contributed by atoms with Gasteiger partial charge in [0.2, 0.25) is 0 Å². The number of hydrogen-bond donors (Lipinski definition) is 1. The van der Waals surface area contributed by atoms with Crippen molar-refractivity contribution in [3.8, 4) is 0 Å². The monoisotopic (exact) mass is 187 g/mol. The first-order chi connectivity index (χ1) is 6.06. The molecule has 13 heavy (non-hydrogen) atoms. The van der Waals surface area contributed by atoms with Crippen LogP contribution in [0.2, 0.25) is 0 Å². The van der Waals surface area contributed by atoms with Gasteiger partial charge in [0, 0.05) is 0 Å². The lowest BCUT2D eigenvalue weighted by atomic mass is 10.3. The number of allylic oxidation sites excluding steroid dienone is 1. The fourth-order valence-electron chi connectivity index (χ4n) is 0.506. The molecule has 2 N–H and O–H groups in total. The van der Waals surface area contributed by atoms with Crippen molar-refractivity contribution in [1.82, 2.24) is 0 Å². The lowest BCUT2D eigenvalue weighted by Crippen LogP contribution is -2.12. The Labute approximate surface area is 76.4 Å². The van der Waals surface area contributed by atoms with Crippen LogP contribution in [0.4, 0.5) is 0 Å². The van der Waals surface area contributed by atoms with Crippen molar-refractivity contribution >= 4 is 11.9 Å². The number of nitrogens with two attached hydrogens (primary N) is 1. The zero-order valence-corrected chi connectivity index (χ0v) is 7.70. The molecular weight excluding hydrogens is 174 g/mol. The number of hydrogen-bond acceptors (Lipinski definition) is 5. The van der Waals surface area contributed by atoms with Gasteiger partial charge in [-0.1, -0.05) is 0 Å². The van der Waals surface area contributed by atoms with E-state index in [-0.39, 0.29) is 12.8 Å². The molecule has 0 aliphatic heterocycles. The van der Waals surface area contributed by atoms with Crippen LogP contribution in [0.15, 0.2) is 11.8 Å². The second-order valence-corrected chi connectivity index (χ2v) is 2.67. The summed E-state index contributed by atoms with van der Waals surface area (Å²) in [5.74, 6) is 3.46. The Balaban J connectivity index is 3.64. The third-order valence-corrected chi connectivity index (χ3v) is 1.09. The van der Waals surface area contributed by atoms with E-state index in [2.05, 4.69) is 15.5 Å². The number of ether oxygens (including phenoxy) is 1. The smallest absolute Gasteiger partial charge is 0.325 e. The van der Waals surface area contributed by atoms with E-state index in [9.17, 15) is 9.59 Å². The lowest BCUT2D eigenvalue weighted by molar-refractivity contribution is -0.148. The summed E-state index contributed by atoms with van der Waals surface area (Å²) in [7, 11) is 0. The van der Waals surface area contributed by atoms with E-state index in [4.69, 9.17) is 0 Å². The first-order valence-corrected chi connectivity index (χ1v) is 3.78. The van der Waals surface area contributed by atoms with Crippen molar-refractivity contribution in [3.05, 3.63) is 11.8 Å². The van der Waals surface area contributed by atoms with Crippen LogP contribution in [0.1, 0.15) is 26.7 Å². The second-order valence-electron chi connectivity index (χ2n) is 2.67. The van der Waals surface area contributed by atoms with Gasteiger partial charge in [-0.25, -0.2) is 0 Å². The summed E-state index contributed by atoms with van der Waals surface area (Å²) in [6.07, 6.45) is 1.24. The van der Waals surface area contributed by atoms with Gasteiger partial charge in [-0.15, -0.1) is 0 Å². The zero-order valence-electron chi connectivity index (χ0n) is 7.70. The fraction of sp³-hybridized carbons (Fsp3) is 0.500. The summed E-state index contributed by atoms with van der Waals surface area (Å²) in [5.41, 5.74) is 0.870. The average Bonchev–Trinajstić information content (AvgIpc) is 2.10. The summed E-state index contributed by atoms with van der Waals surface area (Å²) >= 11 is 0. The van der Waals surface area contributed by atoms with Gasteiger partial charge < -0.3 is 9.57 Å². The largest absolute Gasteiger partial charge is 0.435 e. The minimum Gasteiger partial charge on any atom is -0.435 e. The number of esters is 1. The molecule has 0 saturated heterocycles. The van der Waals surface area contributed by atoms with Crippen LogP contribution in [0.5, 0.6) is 0 Å². The molecule has 5 heteroatoms. The molecule has 0 aromatic rings. The van der Waals surface area contributed by atoms with E-state index < -0.39 is 11.9 Å². The van der Waals surface area contributed by atoms with Crippen LogP contribution in [-0.2, 0) is 19.2 Å². The average molecular weight is 187 g/mol. The fourth-order valence-corrected chi connectivity index (χ4v) is 0.506. The molecule has 0 unspecified atom stereocenters. The predicted octanol–water partition coefficient (Wildman–Crippen LogP) is 0.650. The first kappa shape index (κ1) is 11.6. The molecule has 0 heterocycles. The summed E-state index contributed by atoms with van der Waals surface area (Å²) in [6.45, 7) is 3.59. The van der Waals surface area contributed by atoms with E-state index in [1.807, 2.05) is 0 Å².